The molecule has 230 valence electrons. The summed E-state index contributed by atoms with van der Waals surface area (Å²) in [5, 5.41) is 0. The predicted octanol–water partition coefficient (Wildman–Crippen LogP) is -0.262. The van der Waals surface area contributed by atoms with Crippen LogP contribution in [0.15, 0.2) is 30.0 Å². The Bertz CT molecular complexity index is 1920. The van der Waals surface area contributed by atoms with Crippen LogP contribution in [0.1, 0.15) is 18.9 Å². The second kappa shape index (κ2) is 10.5. The maximum atomic E-state index is 15.9. The molecule has 4 aromatic rings. The zero-order valence-corrected chi connectivity index (χ0v) is 24.1. The summed E-state index contributed by atoms with van der Waals surface area (Å²) in [4.78, 5) is 34.8. The van der Waals surface area contributed by atoms with E-state index in [0.29, 0.717) is 5.52 Å². The van der Waals surface area contributed by atoms with Crippen LogP contribution in [0.5, 0.6) is 0 Å². The highest BCUT2D eigenvalue weighted by atomic mass is 32.7. The Labute approximate surface area is 245 Å². The van der Waals surface area contributed by atoms with Gasteiger partial charge in [-0.15, -0.1) is 0 Å². The lowest BCUT2D eigenvalue weighted by Crippen LogP contribution is -2.41. The highest BCUT2D eigenvalue weighted by molar-refractivity contribution is 8.44. The number of nitrogens with one attached hydrogen (secondary N) is 2. The highest BCUT2D eigenvalue weighted by Crippen LogP contribution is 2.57. The molecule has 0 aliphatic carbocycles. The van der Waals surface area contributed by atoms with Crippen molar-refractivity contribution in [1.29, 1.82) is 0 Å². The summed E-state index contributed by atoms with van der Waals surface area (Å²) in [7, 11) is -4.54. The lowest BCUT2D eigenvalue weighted by atomic mass is 10.1. The van der Waals surface area contributed by atoms with Crippen molar-refractivity contribution in [2.24, 2.45) is 0 Å². The first-order valence-electron chi connectivity index (χ1n) is 12.6. The third kappa shape index (κ3) is 5.31. The number of nitrogens with zero attached hydrogens (tertiary/aromatic N) is 7. The van der Waals surface area contributed by atoms with Gasteiger partial charge in [-0.25, -0.2) is 33.1 Å². The molecular weight excluding hydrogens is 638 g/mol. The maximum Gasteiger partial charge on any atom is 0.386 e. The Hall–Kier alpha value is -3.08. The van der Waals surface area contributed by atoms with E-state index in [1.54, 1.807) is 0 Å². The number of fused-ring (bicyclic) bond motifs is 5. The average molecular weight is 661 g/mol. The fraction of sp³-hybridized carbons (Fsp3) is 0.500. The SMILES string of the molecule is Nc1nc2c(ncn2[C@@H]2O[C@@H]3CO[P@](=O)(S)O[C@H]4[C@@H](F)[C@H](n5cnc6cncnc65)O[C@@H]4CNS(=O)(=O)O[C@@H]2C3)c(=O)[nH]1. The third-order valence-electron chi connectivity index (χ3n) is 7.04. The Kier molecular flexibility index (Phi) is 7.02. The molecule has 3 fully saturated rings. The molecule has 4 aromatic heterocycles. The van der Waals surface area contributed by atoms with E-state index < -0.39 is 78.9 Å². The van der Waals surface area contributed by atoms with Crippen molar-refractivity contribution < 1.29 is 40.1 Å². The fourth-order valence-electron chi connectivity index (χ4n) is 5.21. The standard InChI is InChI=1S/C20H22FN10O9PS2/c21-12-14-11(38-19(12)30-6-25-9-2-23-5-24-15(9)30)3-27-43(34,35)40-10-1-8(4-36-41(33,42)39-14)37-18(10)31-7-26-13-16(31)28-20(22)29-17(13)32/h2,5-8,10-12,14,18-19,27H,1,3-4H2,(H,33,42)(H3,22,28,29,32)/t8-,10+,11+,12+,14+,18+,19+,41-/m0/s1. The molecule has 0 saturated carbocycles. The van der Waals surface area contributed by atoms with Crippen molar-refractivity contribution in [3.8, 4) is 0 Å². The molecular formula is C20H22FN10O9PS2. The molecule has 7 heterocycles. The molecule has 23 heteroatoms. The highest BCUT2D eigenvalue weighted by Gasteiger charge is 2.51. The van der Waals surface area contributed by atoms with Crippen LogP contribution in [0, 0.1) is 0 Å². The molecule has 3 aliphatic heterocycles. The molecule has 3 aliphatic rings. The van der Waals surface area contributed by atoms with Gasteiger partial charge in [0.05, 0.1) is 31.6 Å². The summed E-state index contributed by atoms with van der Waals surface area (Å²) in [5.41, 5.74) is 5.61. The lowest BCUT2D eigenvalue weighted by Gasteiger charge is -2.24. The van der Waals surface area contributed by atoms with Gasteiger partial charge < -0.3 is 15.2 Å². The first-order chi connectivity index (χ1) is 20.5. The zero-order chi connectivity index (χ0) is 30.1. The fourth-order valence-corrected chi connectivity index (χ4v) is 7.64. The molecule has 0 aromatic carbocycles. The Morgan fingerprint density at radius 2 is 1.91 bits per heavy atom. The van der Waals surface area contributed by atoms with Crippen LogP contribution in [-0.2, 0) is 37.6 Å². The summed E-state index contributed by atoms with van der Waals surface area (Å²) in [6.07, 6.45) is -4.48. The number of aromatic nitrogens is 8. The van der Waals surface area contributed by atoms with Crippen molar-refractivity contribution in [2.45, 2.75) is 49.5 Å². The van der Waals surface area contributed by atoms with Gasteiger partial charge in [0.2, 0.25) is 5.95 Å². The van der Waals surface area contributed by atoms with Gasteiger partial charge in [0, 0.05) is 13.0 Å². The minimum Gasteiger partial charge on any atom is -0.369 e. The normalized spacial score (nSPS) is 34.9. The zero-order valence-electron chi connectivity index (χ0n) is 21.5. The van der Waals surface area contributed by atoms with Gasteiger partial charge in [-0.2, -0.15) is 18.1 Å². The summed E-state index contributed by atoms with van der Waals surface area (Å²) < 4.78 is 88.3. The molecule has 0 spiro atoms. The molecule has 0 unspecified atom stereocenters. The Morgan fingerprint density at radius 1 is 1.12 bits per heavy atom. The summed E-state index contributed by atoms with van der Waals surface area (Å²) in [6.45, 7) is -5.24. The van der Waals surface area contributed by atoms with Gasteiger partial charge in [-0.05, 0) is 0 Å². The number of ether oxygens (including phenoxy) is 2. The number of nitrogens with two attached hydrogens (primary N) is 1. The molecule has 43 heavy (non-hydrogen) atoms. The van der Waals surface area contributed by atoms with E-state index >= 15 is 4.39 Å². The number of anilines is 1. The molecule has 0 radical (unpaired) electrons. The van der Waals surface area contributed by atoms with Crippen molar-refractivity contribution in [3.63, 3.8) is 0 Å². The Balaban J connectivity index is 1.19. The number of aromatic amines is 1. The average Bonchev–Trinajstić information content (AvgIpc) is 3.71. The Morgan fingerprint density at radius 3 is 2.74 bits per heavy atom. The number of H-pyrrole nitrogens is 1. The van der Waals surface area contributed by atoms with E-state index in [1.165, 1.54) is 34.3 Å². The van der Waals surface area contributed by atoms with Gasteiger partial charge in [-0.1, -0.05) is 12.2 Å². The molecule has 0 amide bonds. The van der Waals surface area contributed by atoms with E-state index in [-0.39, 0.29) is 29.2 Å². The monoisotopic (exact) mass is 660 g/mol. The van der Waals surface area contributed by atoms with Gasteiger partial charge in [0.1, 0.15) is 30.2 Å². The van der Waals surface area contributed by atoms with E-state index in [2.05, 4.69) is 46.9 Å². The van der Waals surface area contributed by atoms with Crippen LogP contribution in [0.4, 0.5) is 10.3 Å². The number of alkyl halides is 1. The maximum absolute atomic E-state index is 15.9. The topological polar surface area (TPSA) is 243 Å². The predicted molar refractivity (Wildman–Crippen MR) is 144 cm³/mol. The minimum absolute atomic E-state index is 0.00983. The van der Waals surface area contributed by atoms with E-state index in [1.807, 2.05) is 0 Å². The largest absolute Gasteiger partial charge is 0.386 e. The van der Waals surface area contributed by atoms with Crippen LogP contribution >= 0.6 is 19.0 Å². The van der Waals surface area contributed by atoms with Crippen LogP contribution in [0.3, 0.4) is 0 Å². The summed E-state index contributed by atoms with van der Waals surface area (Å²) >= 11 is 4.02. The minimum atomic E-state index is -4.54. The molecule has 3 saturated heterocycles. The molecule has 4 N–H and O–H groups in total. The molecule has 7 rings (SSSR count). The van der Waals surface area contributed by atoms with E-state index in [9.17, 15) is 17.8 Å². The van der Waals surface area contributed by atoms with Crippen LogP contribution < -0.4 is 16.0 Å². The van der Waals surface area contributed by atoms with Crippen molar-refractivity contribution in [1.82, 2.24) is 43.8 Å². The van der Waals surface area contributed by atoms with Gasteiger partial charge in [0.25, 0.3) is 5.56 Å². The van der Waals surface area contributed by atoms with Gasteiger partial charge in [-0.3, -0.25) is 28.0 Å². The number of rotatable bonds is 2. The van der Waals surface area contributed by atoms with Crippen LogP contribution in [-0.4, -0.2) is 91.2 Å². The first kappa shape index (κ1) is 28.7. The third-order valence-corrected chi connectivity index (χ3v) is 9.67. The second-order valence-corrected chi connectivity index (χ2v) is 14.1. The lowest BCUT2D eigenvalue weighted by molar-refractivity contribution is -0.0439. The van der Waals surface area contributed by atoms with Crippen LogP contribution in [0.2, 0.25) is 0 Å². The number of halogens is 1. The quantitative estimate of drug-likeness (QED) is 0.160. The number of imidazole rings is 2. The van der Waals surface area contributed by atoms with Crippen molar-refractivity contribution in [3.05, 3.63) is 35.5 Å². The first-order valence-corrected chi connectivity index (χ1v) is 16.7. The van der Waals surface area contributed by atoms with Crippen LogP contribution in [0.25, 0.3) is 22.3 Å². The summed E-state index contributed by atoms with van der Waals surface area (Å²) in [5.74, 6) is -0.203. The number of hydrogen-bond acceptors (Lipinski definition) is 15. The molecule has 8 atom stereocenters. The molecule has 19 nitrogen and oxygen atoms in total. The van der Waals surface area contributed by atoms with Crippen molar-refractivity contribution >= 4 is 57.6 Å². The second-order valence-electron chi connectivity index (χ2n) is 9.82. The van der Waals surface area contributed by atoms with E-state index in [4.69, 9.17) is 28.4 Å². The molecule has 2 bridgehead atoms. The van der Waals surface area contributed by atoms with Gasteiger partial charge >= 0.3 is 17.1 Å². The van der Waals surface area contributed by atoms with Crippen molar-refractivity contribution in [2.75, 3.05) is 18.9 Å². The number of nitrogen functional groups attached to an aromatic ring is 1. The van der Waals surface area contributed by atoms with Gasteiger partial charge in [0.15, 0.2) is 35.4 Å². The summed E-state index contributed by atoms with van der Waals surface area (Å²) in [6, 6.07) is 0. The van der Waals surface area contributed by atoms with E-state index in [0.717, 1.165) is 0 Å². The number of thiol groups is 1. The smallest absolute Gasteiger partial charge is 0.369 e. The number of hydrogen-bond donors (Lipinski definition) is 4.